The van der Waals surface area contributed by atoms with E-state index in [4.69, 9.17) is 4.74 Å². The van der Waals surface area contributed by atoms with E-state index in [1.165, 1.54) is 5.56 Å². The summed E-state index contributed by atoms with van der Waals surface area (Å²) in [4.78, 5) is 9.34. The molecule has 1 saturated heterocycles. The summed E-state index contributed by atoms with van der Waals surface area (Å²) < 4.78 is 5.68. The summed E-state index contributed by atoms with van der Waals surface area (Å²) in [5.74, 6) is 0.925. The van der Waals surface area contributed by atoms with Gasteiger partial charge in [-0.25, -0.2) is 0 Å². The van der Waals surface area contributed by atoms with E-state index >= 15 is 0 Å². The number of aliphatic imine (C=N–C) groups is 1. The highest BCUT2D eigenvalue weighted by molar-refractivity contribution is 5.79. The van der Waals surface area contributed by atoms with Crippen molar-refractivity contribution in [3.05, 3.63) is 35.9 Å². The van der Waals surface area contributed by atoms with Crippen LogP contribution in [0.5, 0.6) is 0 Å². The zero-order chi connectivity index (χ0) is 21.8. The van der Waals surface area contributed by atoms with Crippen molar-refractivity contribution in [3.63, 3.8) is 0 Å². The number of benzene rings is 1. The lowest BCUT2D eigenvalue weighted by Crippen LogP contribution is -2.49. The van der Waals surface area contributed by atoms with E-state index < -0.39 is 0 Å². The minimum Gasteiger partial charge on any atom is -0.377 e. The van der Waals surface area contributed by atoms with Crippen LogP contribution < -0.4 is 10.6 Å². The normalized spacial score (nSPS) is 17.5. The number of ether oxygens (including phenoxy) is 1. The first-order valence-electron chi connectivity index (χ1n) is 11.5. The summed E-state index contributed by atoms with van der Waals surface area (Å²) in [6.07, 6.45) is 3.70. The van der Waals surface area contributed by atoms with Crippen LogP contribution in [-0.4, -0.2) is 80.8 Å². The predicted octanol–water partition coefficient (Wildman–Crippen LogP) is 2.95. The van der Waals surface area contributed by atoms with Gasteiger partial charge in [-0.3, -0.25) is 9.89 Å². The third-order valence-corrected chi connectivity index (χ3v) is 5.89. The van der Waals surface area contributed by atoms with E-state index in [9.17, 15) is 0 Å². The lowest BCUT2D eigenvalue weighted by molar-refractivity contribution is 0.0532. The molecule has 6 heteroatoms. The summed E-state index contributed by atoms with van der Waals surface area (Å²) in [5, 5.41) is 7.11. The molecule has 0 amide bonds. The number of guanidine groups is 1. The highest BCUT2D eigenvalue weighted by Gasteiger charge is 2.20. The Balaban J connectivity index is 1.62. The first-order valence-corrected chi connectivity index (χ1v) is 11.5. The Labute approximate surface area is 184 Å². The monoisotopic (exact) mass is 417 g/mol. The van der Waals surface area contributed by atoms with Crippen molar-refractivity contribution in [2.45, 2.75) is 64.8 Å². The van der Waals surface area contributed by atoms with Gasteiger partial charge in [0.2, 0.25) is 0 Å². The Bertz CT molecular complexity index is 599. The minimum atomic E-state index is 0.319. The number of hydrogen-bond acceptors (Lipinski definition) is 4. The number of hydrogen-bond donors (Lipinski definition) is 2. The van der Waals surface area contributed by atoms with Crippen LogP contribution >= 0.6 is 0 Å². The van der Waals surface area contributed by atoms with E-state index in [-0.39, 0.29) is 0 Å². The fourth-order valence-corrected chi connectivity index (χ4v) is 3.75. The van der Waals surface area contributed by atoms with E-state index in [2.05, 4.69) is 83.6 Å². The molecule has 30 heavy (non-hydrogen) atoms. The second-order valence-electron chi connectivity index (χ2n) is 8.72. The molecule has 1 aromatic carbocycles. The molecule has 170 valence electrons. The molecule has 1 aliphatic heterocycles. The molecule has 1 aromatic rings. The predicted molar refractivity (Wildman–Crippen MR) is 127 cm³/mol. The van der Waals surface area contributed by atoms with Crippen LogP contribution in [0.2, 0.25) is 0 Å². The average Bonchev–Trinajstić information content (AvgIpc) is 2.74. The van der Waals surface area contributed by atoms with E-state index in [1.54, 1.807) is 0 Å². The Kier molecular flexibility index (Phi) is 11.2. The molecule has 1 aliphatic rings. The van der Waals surface area contributed by atoms with Gasteiger partial charge in [0, 0.05) is 51.9 Å². The molecule has 1 fully saturated rings. The van der Waals surface area contributed by atoms with Crippen LogP contribution in [0.4, 0.5) is 0 Å². The first kappa shape index (κ1) is 24.6. The zero-order valence-electron chi connectivity index (χ0n) is 19.7. The zero-order valence-corrected chi connectivity index (χ0v) is 19.7. The summed E-state index contributed by atoms with van der Waals surface area (Å²) in [7, 11) is 4.06. The molecule has 2 N–H and O–H groups in total. The Morgan fingerprint density at radius 3 is 2.53 bits per heavy atom. The first-order chi connectivity index (χ1) is 14.5. The van der Waals surface area contributed by atoms with Crippen molar-refractivity contribution >= 4 is 5.96 Å². The molecule has 0 aliphatic carbocycles. The van der Waals surface area contributed by atoms with Crippen LogP contribution in [0.25, 0.3) is 0 Å². The number of nitrogens with zero attached hydrogens (tertiary/aromatic N) is 3. The van der Waals surface area contributed by atoms with Gasteiger partial charge in [0.1, 0.15) is 0 Å². The van der Waals surface area contributed by atoms with Gasteiger partial charge >= 0.3 is 0 Å². The summed E-state index contributed by atoms with van der Waals surface area (Å²) in [6, 6.07) is 11.7. The van der Waals surface area contributed by atoms with Crippen LogP contribution in [0.15, 0.2) is 35.3 Å². The van der Waals surface area contributed by atoms with E-state index in [1.807, 2.05) is 7.05 Å². The van der Waals surface area contributed by atoms with Gasteiger partial charge in [-0.05, 0) is 52.6 Å². The Morgan fingerprint density at radius 2 is 1.90 bits per heavy atom. The fraction of sp³-hybridized carbons (Fsp3) is 0.708. The van der Waals surface area contributed by atoms with Crippen LogP contribution in [-0.2, 0) is 11.3 Å². The third kappa shape index (κ3) is 9.45. The highest BCUT2D eigenvalue weighted by Crippen LogP contribution is 2.10. The van der Waals surface area contributed by atoms with Crippen molar-refractivity contribution in [3.8, 4) is 0 Å². The van der Waals surface area contributed by atoms with Gasteiger partial charge in [-0.1, -0.05) is 30.3 Å². The summed E-state index contributed by atoms with van der Waals surface area (Å²) in [6.45, 7) is 12.5. The van der Waals surface area contributed by atoms with Crippen molar-refractivity contribution in [2.24, 2.45) is 4.99 Å². The lowest BCUT2D eigenvalue weighted by Gasteiger charge is -2.33. The van der Waals surface area contributed by atoms with E-state index in [0.717, 1.165) is 64.6 Å². The van der Waals surface area contributed by atoms with Crippen molar-refractivity contribution in [2.75, 3.05) is 46.9 Å². The molecule has 1 unspecified atom stereocenters. The largest absolute Gasteiger partial charge is 0.377 e. The highest BCUT2D eigenvalue weighted by atomic mass is 16.5. The van der Waals surface area contributed by atoms with E-state index in [0.29, 0.717) is 18.2 Å². The molecule has 6 nitrogen and oxygen atoms in total. The van der Waals surface area contributed by atoms with Crippen molar-refractivity contribution in [1.82, 2.24) is 20.4 Å². The maximum Gasteiger partial charge on any atom is 0.191 e. The minimum absolute atomic E-state index is 0.319. The molecular weight excluding hydrogens is 374 g/mol. The maximum atomic E-state index is 5.68. The van der Waals surface area contributed by atoms with Gasteiger partial charge in [0.15, 0.2) is 5.96 Å². The molecule has 0 aromatic heterocycles. The molecule has 0 saturated carbocycles. The van der Waals surface area contributed by atoms with Crippen LogP contribution in [0.3, 0.4) is 0 Å². The molecule has 1 heterocycles. The second-order valence-corrected chi connectivity index (χ2v) is 8.72. The smallest absolute Gasteiger partial charge is 0.191 e. The number of piperidine rings is 1. The summed E-state index contributed by atoms with van der Waals surface area (Å²) in [5.41, 5.74) is 1.36. The quantitative estimate of drug-likeness (QED) is 0.428. The fourth-order valence-electron chi connectivity index (χ4n) is 3.75. The molecule has 0 bridgehead atoms. The molecular formula is C24H43N5O. The number of likely N-dealkylation sites (tertiary alicyclic amines) is 1. The molecule has 0 radical (unpaired) electrons. The van der Waals surface area contributed by atoms with Gasteiger partial charge in [-0.2, -0.15) is 0 Å². The van der Waals surface area contributed by atoms with Gasteiger partial charge < -0.3 is 20.3 Å². The van der Waals surface area contributed by atoms with Crippen molar-refractivity contribution in [1.29, 1.82) is 0 Å². The summed E-state index contributed by atoms with van der Waals surface area (Å²) >= 11 is 0. The Hall–Kier alpha value is -1.63. The van der Waals surface area contributed by atoms with Crippen LogP contribution in [0.1, 0.15) is 45.6 Å². The number of nitrogens with one attached hydrogen (secondary N) is 2. The molecule has 0 spiro atoms. The van der Waals surface area contributed by atoms with Crippen molar-refractivity contribution < 1.29 is 4.74 Å². The SMILES string of the molecule is CN=C(NCCC(C)N(C)Cc1ccccc1)NC1CCN(CCOC(C)C)CC1. The van der Waals surface area contributed by atoms with Gasteiger partial charge in [0.25, 0.3) is 0 Å². The van der Waals surface area contributed by atoms with Gasteiger partial charge in [0.05, 0.1) is 12.7 Å². The number of rotatable bonds is 11. The maximum absolute atomic E-state index is 5.68. The second kappa shape index (κ2) is 13.6. The third-order valence-electron chi connectivity index (χ3n) is 5.89. The van der Waals surface area contributed by atoms with Gasteiger partial charge in [-0.15, -0.1) is 0 Å². The van der Waals surface area contributed by atoms with Crippen LogP contribution in [0, 0.1) is 0 Å². The topological polar surface area (TPSA) is 52.1 Å². The Morgan fingerprint density at radius 1 is 1.20 bits per heavy atom. The molecule has 2 rings (SSSR count). The molecule has 1 atom stereocenters. The average molecular weight is 418 g/mol. The lowest BCUT2D eigenvalue weighted by atomic mass is 10.1. The standard InChI is InChI=1S/C24H43N5O/c1-20(2)30-18-17-29-15-12-23(13-16-29)27-24(25-4)26-14-11-21(3)28(5)19-22-9-7-6-8-10-22/h6-10,20-21,23H,11-19H2,1-5H3,(H2,25,26,27).